The lowest BCUT2D eigenvalue weighted by Gasteiger charge is -2.10. The van der Waals surface area contributed by atoms with Crippen LogP contribution in [-0.2, 0) is 6.18 Å². The summed E-state index contributed by atoms with van der Waals surface area (Å²) >= 11 is 0. The summed E-state index contributed by atoms with van der Waals surface area (Å²) in [6.45, 7) is 5.65. The van der Waals surface area contributed by atoms with Crippen LogP contribution in [0, 0.1) is 5.92 Å². The zero-order chi connectivity index (χ0) is 10.9. The first kappa shape index (κ1) is 11.0. The Balaban J connectivity index is 2.89. The van der Waals surface area contributed by atoms with Crippen LogP contribution in [0.3, 0.4) is 0 Å². The van der Waals surface area contributed by atoms with Crippen LogP contribution in [0.1, 0.15) is 38.3 Å². The monoisotopic (exact) mass is 207 g/mol. The molecule has 14 heavy (non-hydrogen) atoms. The summed E-state index contributed by atoms with van der Waals surface area (Å²) in [5, 5.41) is 5.44. The quantitative estimate of drug-likeness (QED) is 0.809. The average molecular weight is 207 g/mol. The molecule has 1 unspecified atom stereocenters. The van der Waals surface area contributed by atoms with Crippen LogP contribution in [0.2, 0.25) is 0 Å². The largest absolute Gasteiger partial charge is 0.453 e. The number of alkyl halides is 3. The van der Waals surface area contributed by atoms with Crippen LogP contribution < -0.4 is 0 Å². The van der Waals surface area contributed by atoms with Crippen LogP contribution in [0.25, 0.3) is 0 Å². The van der Waals surface area contributed by atoms with Gasteiger partial charge in [-0.2, -0.15) is 13.2 Å². The molecule has 0 spiro atoms. The van der Waals surface area contributed by atoms with Crippen molar-refractivity contribution in [2.75, 3.05) is 0 Å². The molecule has 3 nitrogen and oxygen atoms in total. The standard InChI is InChI=1S/C8H12F3N3/c1-4(2)5(3)6-12-7(14-13-6)8(9,10)11/h4-5H,1-3H3,(H,12,13,14). The lowest BCUT2D eigenvalue weighted by Crippen LogP contribution is -2.08. The maximum Gasteiger partial charge on any atom is 0.453 e. The predicted octanol–water partition coefficient (Wildman–Crippen LogP) is 2.58. The fourth-order valence-corrected chi connectivity index (χ4v) is 0.920. The third kappa shape index (κ3) is 2.24. The molecule has 0 saturated carbocycles. The number of nitrogens with zero attached hydrogens (tertiary/aromatic N) is 2. The molecule has 1 rings (SSSR count). The van der Waals surface area contributed by atoms with E-state index in [0.717, 1.165) is 0 Å². The predicted molar refractivity (Wildman–Crippen MR) is 44.6 cm³/mol. The van der Waals surface area contributed by atoms with E-state index in [-0.39, 0.29) is 17.7 Å². The zero-order valence-electron chi connectivity index (χ0n) is 8.18. The molecule has 80 valence electrons. The number of hydrogen-bond donors (Lipinski definition) is 1. The molecule has 1 aromatic rings. The fourth-order valence-electron chi connectivity index (χ4n) is 0.920. The van der Waals surface area contributed by atoms with Gasteiger partial charge < -0.3 is 0 Å². The Labute approximate surface area is 79.7 Å². The first-order valence-corrected chi connectivity index (χ1v) is 4.32. The van der Waals surface area contributed by atoms with Gasteiger partial charge in [0.2, 0.25) is 0 Å². The smallest absolute Gasteiger partial charge is 0.262 e. The average Bonchev–Trinajstić information content (AvgIpc) is 2.49. The Hall–Kier alpha value is -1.07. The molecule has 0 fully saturated rings. The highest BCUT2D eigenvalue weighted by molar-refractivity contribution is 4.99. The van der Waals surface area contributed by atoms with E-state index in [2.05, 4.69) is 15.2 Å². The van der Waals surface area contributed by atoms with E-state index in [1.54, 1.807) is 0 Å². The van der Waals surface area contributed by atoms with Crippen molar-refractivity contribution in [1.82, 2.24) is 15.2 Å². The summed E-state index contributed by atoms with van der Waals surface area (Å²) in [7, 11) is 0. The third-order valence-corrected chi connectivity index (χ3v) is 2.19. The van der Waals surface area contributed by atoms with Crippen molar-refractivity contribution >= 4 is 0 Å². The Morgan fingerprint density at radius 1 is 1.21 bits per heavy atom. The molecule has 0 bridgehead atoms. The molecule has 1 atom stereocenters. The zero-order valence-corrected chi connectivity index (χ0v) is 8.18. The highest BCUT2D eigenvalue weighted by Crippen LogP contribution is 2.28. The molecule has 0 amide bonds. The summed E-state index contributed by atoms with van der Waals surface area (Å²) in [4.78, 5) is 3.41. The van der Waals surface area contributed by atoms with Gasteiger partial charge in [-0.15, -0.1) is 5.10 Å². The lowest BCUT2D eigenvalue weighted by atomic mass is 9.98. The Kier molecular flexibility index (Phi) is 2.82. The molecule has 0 saturated heterocycles. The van der Waals surface area contributed by atoms with Gasteiger partial charge in [-0.3, -0.25) is 5.10 Å². The molecule has 0 aliphatic rings. The van der Waals surface area contributed by atoms with E-state index in [9.17, 15) is 13.2 Å². The molecular formula is C8H12F3N3. The van der Waals surface area contributed by atoms with Gasteiger partial charge in [-0.25, -0.2) is 4.98 Å². The molecule has 6 heteroatoms. The van der Waals surface area contributed by atoms with Gasteiger partial charge in [0.25, 0.3) is 5.82 Å². The van der Waals surface area contributed by atoms with E-state index in [0.29, 0.717) is 0 Å². The molecule has 1 N–H and O–H groups in total. The Morgan fingerprint density at radius 2 is 1.79 bits per heavy atom. The Bertz CT molecular complexity index is 303. The van der Waals surface area contributed by atoms with Crippen LogP contribution in [0.5, 0.6) is 0 Å². The van der Waals surface area contributed by atoms with E-state index in [4.69, 9.17) is 0 Å². The number of rotatable bonds is 2. The number of nitrogens with one attached hydrogen (secondary N) is 1. The van der Waals surface area contributed by atoms with Crippen LogP contribution in [0.15, 0.2) is 0 Å². The number of halogens is 3. The first-order chi connectivity index (χ1) is 6.32. The summed E-state index contributed by atoms with van der Waals surface area (Å²) < 4.78 is 36.4. The number of hydrogen-bond acceptors (Lipinski definition) is 2. The van der Waals surface area contributed by atoms with Gasteiger partial charge in [-0.05, 0) is 5.92 Å². The summed E-state index contributed by atoms with van der Waals surface area (Å²) in [6, 6.07) is 0. The maximum absolute atomic E-state index is 12.1. The van der Waals surface area contributed by atoms with Crippen molar-refractivity contribution in [3.8, 4) is 0 Å². The second kappa shape index (κ2) is 3.59. The van der Waals surface area contributed by atoms with Gasteiger partial charge in [0.15, 0.2) is 0 Å². The second-order valence-corrected chi connectivity index (χ2v) is 3.57. The van der Waals surface area contributed by atoms with Gasteiger partial charge in [0, 0.05) is 5.92 Å². The topological polar surface area (TPSA) is 41.6 Å². The lowest BCUT2D eigenvalue weighted by molar-refractivity contribution is -0.144. The summed E-state index contributed by atoms with van der Waals surface area (Å²) in [6.07, 6.45) is -4.47. The van der Waals surface area contributed by atoms with Crippen LogP contribution in [0.4, 0.5) is 13.2 Å². The number of aromatic nitrogens is 3. The number of H-pyrrole nitrogens is 1. The molecule has 0 aliphatic carbocycles. The summed E-state index contributed by atoms with van der Waals surface area (Å²) in [5.74, 6) is -0.644. The van der Waals surface area contributed by atoms with Gasteiger partial charge in [0.05, 0.1) is 0 Å². The van der Waals surface area contributed by atoms with E-state index in [1.165, 1.54) is 0 Å². The SMILES string of the molecule is CC(C)C(C)c1nc(C(F)(F)F)n[nH]1. The molecule has 0 radical (unpaired) electrons. The molecular weight excluding hydrogens is 195 g/mol. The normalized spacial score (nSPS) is 14.8. The minimum absolute atomic E-state index is 0.0569. The molecule has 1 heterocycles. The number of aromatic amines is 1. The molecule has 0 aromatic carbocycles. The van der Waals surface area contributed by atoms with Gasteiger partial charge >= 0.3 is 6.18 Å². The molecule has 1 aromatic heterocycles. The fraction of sp³-hybridized carbons (Fsp3) is 0.750. The summed E-state index contributed by atoms with van der Waals surface area (Å²) in [5.41, 5.74) is 0. The first-order valence-electron chi connectivity index (χ1n) is 4.32. The van der Waals surface area contributed by atoms with Crippen molar-refractivity contribution < 1.29 is 13.2 Å². The van der Waals surface area contributed by atoms with Gasteiger partial charge in [-0.1, -0.05) is 20.8 Å². The van der Waals surface area contributed by atoms with Crippen molar-refractivity contribution in [2.45, 2.75) is 32.9 Å². The highest BCUT2D eigenvalue weighted by Gasteiger charge is 2.36. The van der Waals surface area contributed by atoms with Crippen LogP contribution in [-0.4, -0.2) is 15.2 Å². The van der Waals surface area contributed by atoms with Crippen LogP contribution >= 0.6 is 0 Å². The van der Waals surface area contributed by atoms with E-state index >= 15 is 0 Å². The highest BCUT2D eigenvalue weighted by atomic mass is 19.4. The minimum atomic E-state index is -4.47. The van der Waals surface area contributed by atoms with E-state index < -0.39 is 12.0 Å². The minimum Gasteiger partial charge on any atom is -0.262 e. The maximum atomic E-state index is 12.1. The van der Waals surface area contributed by atoms with Crippen molar-refractivity contribution in [1.29, 1.82) is 0 Å². The van der Waals surface area contributed by atoms with Crippen molar-refractivity contribution in [3.05, 3.63) is 11.6 Å². The van der Waals surface area contributed by atoms with Gasteiger partial charge in [0.1, 0.15) is 5.82 Å². The second-order valence-electron chi connectivity index (χ2n) is 3.57. The van der Waals surface area contributed by atoms with E-state index in [1.807, 2.05) is 20.8 Å². The van der Waals surface area contributed by atoms with Crippen molar-refractivity contribution in [2.24, 2.45) is 5.92 Å². The Morgan fingerprint density at radius 3 is 2.14 bits per heavy atom. The van der Waals surface area contributed by atoms with Crippen molar-refractivity contribution in [3.63, 3.8) is 0 Å². The molecule has 0 aliphatic heterocycles. The third-order valence-electron chi connectivity index (χ3n) is 2.19.